The van der Waals surface area contributed by atoms with E-state index in [0.717, 1.165) is 11.3 Å². The summed E-state index contributed by atoms with van der Waals surface area (Å²) in [5.74, 6) is 0.732. The first kappa shape index (κ1) is 11.0. The van der Waals surface area contributed by atoms with Gasteiger partial charge >= 0.3 is 0 Å². The molecule has 0 unspecified atom stereocenters. The topological polar surface area (TPSA) is 49.7 Å². The van der Waals surface area contributed by atoms with Gasteiger partial charge in [-0.2, -0.15) is 0 Å². The number of hydrogen-bond acceptors (Lipinski definition) is 3. The highest BCUT2D eigenvalue weighted by atomic mass is 16.5. The van der Waals surface area contributed by atoms with Crippen molar-refractivity contribution in [3.8, 4) is 5.75 Å². The molecular formula is C11H16O3. The molecule has 0 saturated carbocycles. The Bertz CT molecular complexity index is 292. The van der Waals surface area contributed by atoms with E-state index in [-0.39, 0.29) is 13.2 Å². The van der Waals surface area contributed by atoms with Crippen molar-refractivity contribution in [3.05, 3.63) is 29.8 Å². The molecule has 3 heteroatoms. The Kier molecular flexibility index (Phi) is 3.49. The number of benzene rings is 1. The Hall–Kier alpha value is -1.06. The number of ether oxygens (including phenoxy) is 1. The fourth-order valence-electron chi connectivity index (χ4n) is 1.23. The third-order valence-corrected chi connectivity index (χ3v) is 2.46. The molecule has 0 bridgehead atoms. The molecule has 0 aliphatic carbocycles. The SMILES string of the molecule is COc1cccc(C(C)(CO)CO)c1. The molecule has 1 aromatic rings. The summed E-state index contributed by atoms with van der Waals surface area (Å²) in [5, 5.41) is 18.4. The Labute approximate surface area is 84.0 Å². The van der Waals surface area contributed by atoms with Crippen LogP contribution in [0.2, 0.25) is 0 Å². The molecule has 0 aromatic heterocycles. The van der Waals surface area contributed by atoms with Crippen molar-refractivity contribution in [1.29, 1.82) is 0 Å². The van der Waals surface area contributed by atoms with E-state index < -0.39 is 5.41 Å². The Morgan fingerprint density at radius 1 is 1.29 bits per heavy atom. The first-order valence-corrected chi connectivity index (χ1v) is 4.52. The van der Waals surface area contributed by atoms with Crippen LogP contribution in [0.25, 0.3) is 0 Å². The van der Waals surface area contributed by atoms with Crippen molar-refractivity contribution in [3.63, 3.8) is 0 Å². The van der Waals surface area contributed by atoms with Crippen LogP contribution in [0.4, 0.5) is 0 Å². The first-order chi connectivity index (χ1) is 6.66. The second-order valence-corrected chi connectivity index (χ2v) is 3.61. The molecule has 0 spiro atoms. The standard InChI is InChI=1S/C11H16O3/c1-11(7-12,8-13)9-4-3-5-10(6-9)14-2/h3-6,12-13H,7-8H2,1-2H3. The molecule has 0 aliphatic rings. The van der Waals surface area contributed by atoms with Crippen molar-refractivity contribution < 1.29 is 14.9 Å². The Balaban J connectivity index is 3.04. The van der Waals surface area contributed by atoms with Crippen LogP contribution in [0.5, 0.6) is 5.75 Å². The third kappa shape index (κ3) is 2.05. The summed E-state index contributed by atoms with van der Waals surface area (Å²) < 4.78 is 5.08. The van der Waals surface area contributed by atoms with Gasteiger partial charge in [0.1, 0.15) is 5.75 Å². The number of aliphatic hydroxyl groups excluding tert-OH is 2. The minimum Gasteiger partial charge on any atom is -0.497 e. The highest BCUT2D eigenvalue weighted by Crippen LogP contribution is 2.25. The minimum atomic E-state index is -0.603. The minimum absolute atomic E-state index is 0.0866. The van der Waals surface area contributed by atoms with E-state index in [2.05, 4.69) is 0 Å². The summed E-state index contributed by atoms with van der Waals surface area (Å²) in [7, 11) is 1.59. The molecule has 78 valence electrons. The lowest BCUT2D eigenvalue weighted by molar-refractivity contribution is 0.129. The molecule has 0 radical (unpaired) electrons. The van der Waals surface area contributed by atoms with Gasteiger partial charge in [-0.3, -0.25) is 0 Å². The quantitative estimate of drug-likeness (QED) is 0.753. The second kappa shape index (κ2) is 4.44. The van der Waals surface area contributed by atoms with Crippen LogP contribution >= 0.6 is 0 Å². The fourth-order valence-corrected chi connectivity index (χ4v) is 1.23. The maximum Gasteiger partial charge on any atom is 0.119 e. The molecular weight excluding hydrogens is 180 g/mol. The van der Waals surface area contributed by atoms with Gasteiger partial charge in [0.05, 0.1) is 20.3 Å². The van der Waals surface area contributed by atoms with Crippen molar-refractivity contribution in [2.24, 2.45) is 0 Å². The van der Waals surface area contributed by atoms with Crippen molar-refractivity contribution in [2.75, 3.05) is 20.3 Å². The highest BCUT2D eigenvalue weighted by Gasteiger charge is 2.25. The van der Waals surface area contributed by atoms with Crippen molar-refractivity contribution >= 4 is 0 Å². The number of hydrogen-bond donors (Lipinski definition) is 2. The van der Waals surface area contributed by atoms with Crippen LogP contribution in [0.1, 0.15) is 12.5 Å². The maximum absolute atomic E-state index is 9.20. The summed E-state index contributed by atoms with van der Waals surface area (Å²) >= 11 is 0. The lowest BCUT2D eigenvalue weighted by Crippen LogP contribution is -2.30. The lowest BCUT2D eigenvalue weighted by atomic mass is 9.84. The number of rotatable bonds is 4. The van der Waals surface area contributed by atoms with Gasteiger partial charge in [-0.15, -0.1) is 0 Å². The molecule has 2 N–H and O–H groups in total. The van der Waals surface area contributed by atoms with Crippen LogP contribution in [-0.4, -0.2) is 30.5 Å². The van der Waals surface area contributed by atoms with Crippen LogP contribution in [0.3, 0.4) is 0 Å². The largest absolute Gasteiger partial charge is 0.497 e. The van der Waals surface area contributed by atoms with Gasteiger partial charge < -0.3 is 14.9 Å². The van der Waals surface area contributed by atoms with Crippen LogP contribution < -0.4 is 4.74 Å². The third-order valence-electron chi connectivity index (χ3n) is 2.46. The van der Waals surface area contributed by atoms with E-state index in [1.54, 1.807) is 7.11 Å². The summed E-state index contributed by atoms with van der Waals surface area (Å²) in [4.78, 5) is 0. The van der Waals surface area contributed by atoms with E-state index in [0.29, 0.717) is 0 Å². The second-order valence-electron chi connectivity index (χ2n) is 3.61. The molecule has 0 atom stereocenters. The molecule has 0 fully saturated rings. The van der Waals surface area contributed by atoms with E-state index in [1.807, 2.05) is 31.2 Å². The zero-order chi connectivity index (χ0) is 10.6. The van der Waals surface area contributed by atoms with E-state index >= 15 is 0 Å². The molecule has 1 rings (SSSR count). The van der Waals surface area contributed by atoms with Gasteiger partial charge in [-0.05, 0) is 17.7 Å². The monoisotopic (exact) mass is 196 g/mol. The molecule has 1 aromatic carbocycles. The first-order valence-electron chi connectivity index (χ1n) is 4.52. The summed E-state index contributed by atoms with van der Waals surface area (Å²) in [6.45, 7) is 1.63. The molecule has 0 aliphatic heterocycles. The fraction of sp³-hybridized carbons (Fsp3) is 0.455. The van der Waals surface area contributed by atoms with Gasteiger partial charge in [0.25, 0.3) is 0 Å². The smallest absolute Gasteiger partial charge is 0.119 e. The normalized spacial score (nSPS) is 11.4. The van der Waals surface area contributed by atoms with Gasteiger partial charge in [0.15, 0.2) is 0 Å². The zero-order valence-electron chi connectivity index (χ0n) is 8.53. The predicted molar refractivity (Wildman–Crippen MR) is 54.5 cm³/mol. The number of methoxy groups -OCH3 is 1. The van der Waals surface area contributed by atoms with Crippen molar-refractivity contribution in [2.45, 2.75) is 12.3 Å². The average molecular weight is 196 g/mol. The molecule has 3 nitrogen and oxygen atoms in total. The van der Waals surface area contributed by atoms with Gasteiger partial charge in [0, 0.05) is 5.41 Å². The summed E-state index contributed by atoms with van der Waals surface area (Å²) in [5.41, 5.74) is 0.274. The average Bonchev–Trinajstić information content (AvgIpc) is 2.28. The lowest BCUT2D eigenvalue weighted by Gasteiger charge is -2.25. The van der Waals surface area contributed by atoms with Crippen LogP contribution in [-0.2, 0) is 5.41 Å². The van der Waals surface area contributed by atoms with Crippen LogP contribution in [0, 0.1) is 0 Å². The van der Waals surface area contributed by atoms with Gasteiger partial charge in [0.2, 0.25) is 0 Å². The molecule has 14 heavy (non-hydrogen) atoms. The highest BCUT2D eigenvalue weighted by molar-refractivity contribution is 5.33. The van der Waals surface area contributed by atoms with E-state index in [1.165, 1.54) is 0 Å². The number of aliphatic hydroxyl groups is 2. The molecule has 0 amide bonds. The Morgan fingerprint density at radius 3 is 2.43 bits per heavy atom. The summed E-state index contributed by atoms with van der Waals surface area (Å²) in [6, 6.07) is 7.37. The van der Waals surface area contributed by atoms with Gasteiger partial charge in [-0.25, -0.2) is 0 Å². The molecule has 0 saturated heterocycles. The van der Waals surface area contributed by atoms with Gasteiger partial charge in [-0.1, -0.05) is 19.1 Å². The summed E-state index contributed by atoms with van der Waals surface area (Å²) in [6.07, 6.45) is 0. The predicted octanol–water partition coefficient (Wildman–Crippen LogP) is 0.937. The zero-order valence-corrected chi connectivity index (χ0v) is 8.53. The Morgan fingerprint density at radius 2 is 1.93 bits per heavy atom. The maximum atomic E-state index is 9.20. The van der Waals surface area contributed by atoms with E-state index in [4.69, 9.17) is 4.74 Å². The van der Waals surface area contributed by atoms with E-state index in [9.17, 15) is 10.2 Å². The van der Waals surface area contributed by atoms with Crippen molar-refractivity contribution in [1.82, 2.24) is 0 Å². The molecule has 0 heterocycles. The van der Waals surface area contributed by atoms with Crippen LogP contribution in [0.15, 0.2) is 24.3 Å².